The lowest BCUT2D eigenvalue weighted by atomic mass is 10.1. The number of nitrogens with two attached hydrogens (primary N) is 1. The summed E-state index contributed by atoms with van der Waals surface area (Å²) in [6.07, 6.45) is 3.28. The Morgan fingerprint density at radius 1 is 1.16 bits per heavy atom. The van der Waals surface area contributed by atoms with Crippen LogP contribution in [0.4, 0.5) is 0 Å². The molecule has 0 aliphatic carbocycles. The zero-order chi connectivity index (χ0) is 17.8. The number of nitrogens with zero attached hydrogens (tertiary/aromatic N) is 3. The Morgan fingerprint density at radius 2 is 1.84 bits per heavy atom. The number of carbonyl (C=O) groups excluding carboxylic acids is 1. The lowest BCUT2D eigenvalue weighted by Crippen LogP contribution is -2.12. The van der Waals surface area contributed by atoms with E-state index in [9.17, 15) is 4.79 Å². The number of aromatic nitrogens is 2. The standard InChI is InChI=1S/C20H16N4O/c1-14-7-5-6-10-18(14)24-13-17(11-16(12-21)20(22)25)19(23-24)15-8-3-2-4-9-15/h2-11,13H,1H3,(H2,22,25)/b16-11+. The number of nitriles is 1. The number of aryl methyl sites for hydroxylation is 1. The fraction of sp³-hybridized carbons (Fsp3) is 0.0500. The van der Waals surface area contributed by atoms with Gasteiger partial charge in [0.15, 0.2) is 0 Å². The minimum atomic E-state index is -0.759. The third-order valence-corrected chi connectivity index (χ3v) is 3.84. The summed E-state index contributed by atoms with van der Waals surface area (Å²) < 4.78 is 1.75. The minimum Gasteiger partial charge on any atom is -0.365 e. The molecule has 0 saturated heterocycles. The highest BCUT2D eigenvalue weighted by molar-refractivity contribution is 6.01. The Labute approximate surface area is 145 Å². The maximum atomic E-state index is 11.4. The Hall–Kier alpha value is -3.65. The molecule has 5 nitrogen and oxygen atoms in total. The molecule has 0 spiro atoms. The normalized spacial score (nSPS) is 11.1. The summed E-state index contributed by atoms with van der Waals surface area (Å²) in [5, 5.41) is 13.8. The second-order valence-electron chi connectivity index (χ2n) is 5.56. The van der Waals surface area contributed by atoms with Crippen LogP contribution in [0.2, 0.25) is 0 Å². The van der Waals surface area contributed by atoms with Gasteiger partial charge >= 0.3 is 0 Å². The third-order valence-electron chi connectivity index (χ3n) is 3.84. The molecular weight excluding hydrogens is 312 g/mol. The third kappa shape index (κ3) is 3.33. The van der Waals surface area contributed by atoms with Gasteiger partial charge in [-0.15, -0.1) is 0 Å². The van der Waals surface area contributed by atoms with Crippen molar-refractivity contribution in [1.82, 2.24) is 9.78 Å². The lowest BCUT2D eigenvalue weighted by molar-refractivity contribution is -0.114. The highest BCUT2D eigenvalue weighted by Crippen LogP contribution is 2.26. The van der Waals surface area contributed by atoms with Crippen LogP contribution >= 0.6 is 0 Å². The molecule has 1 amide bonds. The first kappa shape index (κ1) is 16.2. The number of primary amides is 1. The van der Waals surface area contributed by atoms with E-state index in [4.69, 9.17) is 11.0 Å². The Kier molecular flexibility index (Phi) is 4.44. The van der Waals surface area contributed by atoms with Gasteiger partial charge in [0, 0.05) is 17.3 Å². The molecule has 0 atom stereocenters. The van der Waals surface area contributed by atoms with Crippen molar-refractivity contribution in [2.24, 2.45) is 5.73 Å². The predicted octanol–water partition coefficient (Wildman–Crippen LogP) is 3.24. The Morgan fingerprint density at radius 3 is 2.48 bits per heavy atom. The van der Waals surface area contributed by atoms with Crippen molar-refractivity contribution in [1.29, 1.82) is 5.26 Å². The summed E-state index contributed by atoms with van der Waals surface area (Å²) in [6, 6.07) is 19.3. The lowest BCUT2D eigenvalue weighted by Gasteiger charge is -2.04. The molecule has 3 aromatic rings. The Balaban J connectivity index is 2.21. The van der Waals surface area contributed by atoms with Gasteiger partial charge in [0.1, 0.15) is 11.6 Å². The molecule has 0 aliphatic heterocycles. The molecule has 0 unspecified atom stereocenters. The molecular formula is C20H16N4O. The van der Waals surface area contributed by atoms with Crippen molar-refractivity contribution in [3.63, 3.8) is 0 Å². The molecule has 2 N–H and O–H groups in total. The summed E-state index contributed by atoms with van der Waals surface area (Å²) >= 11 is 0. The smallest absolute Gasteiger partial charge is 0.259 e. The first-order chi connectivity index (χ1) is 12.1. The minimum absolute atomic E-state index is 0.110. The SMILES string of the molecule is Cc1ccccc1-n1cc(/C=C(\C#N)C(N)=O)c(-c2ccccc2)n1. The number of para-hydroxylation sites is 1. The average Bonchev–Trinajstić information content (AvgIpc) is 3.04. The summed E-state index contributed by atoms with van der Waals surface area (Å²) in [5.41, 5.74) is 9.38. The van der Waals surface area contributed by atoms with Crippen LogP contribution in [-0.2, 0) is 4.79 Å². The van der Waals surface area contributed by atoms with Crippen molar-refractivity contribution in [2.75, 3.05) is 0 Å². The zero-order valence-electron chi connectivity index (χ0n) is 13.7. The first-order valence-corrected chi connectivity index (χ1v) is 7.73. The van der Waals surface area contributed by atoms with Crippen molar-refractivity contribution in [2.45, 2.75) is 6.92 Å². The number of carbonyl (C=O) groups is 1. The van der Waals surface area contributed by atoms with Gasteiger partial charge < -0.3 is 5.73 Å². The second kappa shape index (κ2) is 6.85. The molecule has 2 aromatic carbocycles. The first-order valence-electron chi connectivity index (χ1n) is 7.73. The second-order valence-corrected chi connectivity index (χ2v) is 5.56. The average molecular weight is 328 g/mol. The molecule has 0 fully saturated rings. The van der Waals surface area contributed by atoms with E-state index in [1.165, 1.54) is 6.08 Å². The van der Waals surface area contributed by atoms with Crippen LogP contribution in [0.3, 0.4) is 0 Å². The topological polar surface area (TPSA) is 84.7 Å². The molecule has 0 bridgehead atoms. The van der Waals surface area contributed by atoms with Crippen LogP contribution in [0.5, 0.6) is 0 Å². The molecule has 1 heterocycles. The van der Waals surface area contributed by atoms with E-state index in [0.717, 1.165) is 16.8 Å². The van der Waals surface area contributed by atoms with E-state index in [0.29, 0.717) is 11.3 Å². The van der Waals surface area contributed by atoms with Gasteiger partial charge in [0.05, 0.1) is 11.4 Å². The highest BCUT2D eigenvalue weighted by Gasteiger charge is 2.14. The van der Waals surface area contributed by atoms with Gasteiger partial charge in [-0.1, -0.05) is 48.5 Å². The van der Waals surface area contributed by atoms with Crippen molar-refractivity contribution < 1.29 is 4.79 Å². The van der Waals surface area contributed by atoms with Crippen LogP contribution in [0.1, 0.15) is 11.1 Å². The van der Waals surface area contributed by atoms with E-state index in [-0.39, 0.29) is 5.57 Å². The molecule has 25 heavy (non-hydrogen) atoms. The number of hydrogen-bond acceptors (Lipinski definition) is 3. The molecule has 1 aromatic heterocycles. The van der Waals surface area contributed by atoms with E-state index in [1.54, 1.807) is 10.9 Å². The van der Waals surface area contributed by atoms with Crippen LogP contribution in [0.15, 0.2) is 66.4 Å². The van der Waals surface area contributed by atoms with Gasteiger partial charge in [-0.3, -0.25) is 4.79 Å². The van der Waals surface area contributed by atoms with Crippen molar-refractivity contribution >= 4 is 12.0 Å². The Bertz CT molecular complexity index is 994. The van der Waals surface area contributed by atoms with E-state index in [2.05, 4.69) is 5.10 Å². The van der Waals surface area contributed by atoms with Crippen LogP contribution < -0.4 is 5.73 Å². The number of rotatable bonds is 4. The van der Waals surface area contributed by atoms with E-state index >= 15 is 0 Å². The monoisotopic (exact) mass is 328 g/mol. The highest BCUT2D eigenvalue weighted by atomic mass is 16.1. The molecule has 5 heteroatoms. The van der Waals surface area contributed by atoms with Gasteiger partial charge in [0.2, 0.25) is 0 Å². The van der Waals surface area contributed by atoms with Crippen molar-refractivity contribution in [3.05, 3.63) is 77.5 Å². The summed E-state index contributed by atoms with van der Waals surface area (Å²) in [7, 11) is 0. The molecule has 0 aliphatic rings. The van der Waals surface area contributed by atoms with Gasteiger partial charge in [-0.05, 0) is 24.6 Å². The molecule has 0 saturated carbocycles. The summed E-state index contributed by atoms with van der Waals surface area (Å²) in [5.74, 6) is -0.759. The summed E-state index contributed by atoms with van der Waals surface area (Å²) in [6.45, 7) is 2.00. The van der Waals surface area contributed by atoms with Crippen LogP contribution in [0, 0.1) is 18.3 Å². The van der Waals surface area contributed by atoms with Crippen molar-refractivity contribution in [3.8, 4) is 23.0 Å². The number of benzene rings is 2. The van der Waals surface area contributed by atoms with Gasteiger partial charge in [0.25, 0.3) is 5.91 Å². The zero-order valence-corrected chi connectivity index (χ0v) is 13.7. The van der Waals surface area contributed by atoms with Gasteiger partial charge in [-0.2, -0.15) is 10.4 Å². The fourth-order valence-electron chi connectivity index (χ4n) is 2.57. The molecule has 122 valence electrons. The van der Waals surface area contributed by atoms with Crippen LogP contribution in [-0.4, -0.2) is 15.7 Å². The van der Waals surface area contributed by atoms with E-state index in [1.807, 2.05) is 67.6 Å². The maximum Gasteiger partial charge on any atom is 0.259 e. The van der Waals surface area contributed by atoms with E-state index < -0.39 is 5.91 Å². The largest absolute Gasteiger partial charge is 0.365 e. The maximum absolute atomic E-state index is 11.4. The predicted molar refractivity (Wildman–Crippen MR) is 96.5 cm³/mol. The summed E-state index contributed by atoms with van der Waals surface area (Å²) in [4.78, 5) is 11.4. The van der Waals surface area contributed by atoms with Gasteiger partial charge in [-0.25, -0.2) is 4.68 Å². The number of amides is 1. The fourth-order valence-corrected chi connectivity index (χ4v) is 2.57. The van der Waals surface area contributed by atoms with Crippen LogP contribution in [0.25, 0.3) is 23.0 Å². The number of hydrogen-bond donors (Lipinski definition) is 1. The molecule has 0 radical (unpaired) electrons. The quantitative estimate of drug-likeness (QED) is 0.589. The molecule has 3 rings (SSSR count).